The van der Waals surface area contributed by atoms with Crippen LogP contribution in [0.3, 0.4) is 0 Å². The summed E-state index contributed by atoms with van der Waals surface area (Å²) in [5.41, 5.74) is 1.10. The molecule has 3 nitrogen and oxygen atoms in total. The van der Waals surface area contributed by atoms with E-state index in [1.54, 1.807) is 0 Å². The second-order valence-corrected chi connectivity index (χ2v) is 5.60. The zero-order valence-corrected chi connectivity index (χ0v) is 12.4. The lowest BCUT2D eigenvalue weighted by Crippen LogP contribution is -2.32. The Kier molecular flexibility index (Phi) is 5.45. The van der Waals surface area contributed by atoms with Gasteiger partial charge in [0.05, 0.1) is 13.0 Å². The molecular weight excluding hydrogens is 252 g/mol. The fourth-order valence-corrected chi connectivity index (χ4v) is 2.98. The van der Waals surface area contributed by atoms with E-state index in [4.69, 9.17) is 9.47 Å². The summed E-state index contributed by atoms with van der Waals surface area (Å²) in [5, 5.41) is 0. The van der Waals surface area contributed by atoms with Crippen molar-refractivity contribution in [2.45, 2.75) is 39.0 Å². The molecule has 1 aromatic rings. The van der Waals surface area contributed by atoms with Gasteiger partial charge in [-0.2, -0.15) is 0 Å². The minimum atomic E-state index is -0.139. The van der Waals surface area contributed by atoms with Crippen LogP contribution in [0, 0.1) is 18.8 Å². The molecule has 110 valence electrons. The van der Waals surface area contributed by atoms with E-state index in [9.17, 15) is 4.79 Å². The quantitative estimate of drug-likeness (QED) is 0.768. The lowest BCUT2D eigenvalue weighted by atomic mass is 9.80. The van der Waals surface area contributed by atoms with Gasteiger partial charge < -0.3 is 9.47 Å². The van der Waals surface area contributed by atoms with Gasteiger partial charge in [-0.05, 0) is 37.3 Å². The fraction of sp³-hybridized carbons (Fsp3) is 0.588. The van der Waals surface area contributed by atoms with E-state index >= 15 is 0 Å². The molecule has 1 atom stereocenters. The van der Waals surface area contributed by atoms with Gasteiger partial charge in [-0.3, -0.25) is 4.79 Å². The van der Waals surface area contributed by atoms with Crippen LogP contribution in [0.4, 0.5) is 0 Å². The molecule has 1 saturated carbocycles. The molecule has 0 aromatic heterocycles. The molecule has 0 spiro atoms. The number of para-hydroxylation sites is 1. The Morgan fingerprint density at radius 2 is 1.95 bits per heavy atom. The maximum absolute atomic E-state index is 12.0. The molecule has 20 heavy (non-hydrogen) atoms. The second-order valence-electron chi connectivity index (χ2n) is 5.60. The van der Waals surface area contributed by atoms with Crippen molar-refractivity contribution in [2.75, 3.05) is 13.7 Å². The van der Waals surface area contributed by atoms with Crippen LogP contribution in [0.2, 0.25) is 0 Å². The third kappa shape index (κ3) is 3.75. The summed E-state index contributed by atoms with van der Waals surface area (Å²) < 4.78 is 10.8. The minimum absolute atomic E-state index is 0.134. The highest BCUT2D eigenvalue weighted by Crippen LogP contribution is 2.31. The summed E-state index contributed by atoms with van der Waals surface area (Å²) >= 11 is 0. The molecule has 0 bridgehead atoms. The Morgan fingerprint density at radius 3 is 2.60 bits per heavy atom. The van der Waals surface area contributed by atoms with Crippen molar-refractivity contribution in [1.29, 1.82) is 0 Å². The van der Waals surface area contributed by atoms with Crippen molar-refractivity contribution in [3.63, 3.8) is 0 Å². The number of benzene rings is 1. The molecule has 1 aromatic carbocycles. The molecule has 1 aliphatic carbocycles. The Bertz CT molecular complexity index is 436. The maximum Gasteiger partial charge on any atom is 0.312 e. The van der Waals surface area contributed by atoms with Crippen LogP contribution in [-0.4, -0.2) is 19.7 Å². The summed E-state index contributed by atoms with van der Waals surface area (Å²) in [5.74, 6) is 0.989. The lowest BCUT2D eigenvalue weighted by molar-refractivity contribution is -0.149. The summed E-state index contributed by atoms with van der Waals surface area (Å²) in [4.78, 5) is 12.0. The van der Waals surface area contributed by atoms with Gasteiger partial charge in [0.25, 0.3) is 0 Å². The summed E-state index contributed by atoms with van der Waals surface area (Å²) in [6.07, 6.45) is 5.92. The zero-order chi connectivity index (χ0) is 14.4. The first-order chi connectivity index (χ1) is 9.72. The van der Waals surface area contributed by atoms with Crippen LogP contribution in [0.15, 0.2) is 24.3 Å². The van der Waals surface area contributed by atoms with Crippen molar-refractivity contribution >= 4 is 5.97 Å². The van der Waals surface area contributed by atoms with Crippen LogP contribution in [0.1, 0.15) is 37.7 Å². The Hall–Kier alpha value is -1.51. The van der Waals surface area contributed by atoms with Crippen LogP contribution in [0.5, 0.6) is 5.75 Å². The van der Waals surface area contributed by atoms with Crippen molar-refractivity contribution in [2.24, 2.45) is 11.8 Å². The molecule has 0 saturated heterocycles. The van der Waals surface area contributed by atoms with Gasteiger partial charge in [0.2, 0.25) is 0 Å². The SMILES string of the molecule is COC(=O)C(COc1ccccc1C)C1CCCCC1. The van der Waals surface area contributed by atoms with Gasteiger partial charge in [0, 0.05) is 0 Å². The van der Waals surface area contributed by atoms with E-state index in [0.717, 1.165) is 24.2 Å². The van der Waals surface area contributed by atoms with Crippen molar-refractivity contribution in [3.05, 3.63) is 29.8 Å². The van der Waals surface area contributed by atoms with Crippen LogP contribution >= 0.6 is 0 Å². The van der Waals surface area contributed by atoms with Crippen LogP contribution in [0.25, 0.3) is 0 Å². The third-order valence-corrected chi connectivity index (χ3v) is 4.23. The number of methoxy groups -OCH3 is 1. The highest BCUT2D eigenvalue weighted by Gasteiger charge is 2.31. The van der Waals surface area contributed by atoms with E-state index < -0.39 is 0 Å². The first-order valence-electron chi connectivity index (χ1n) is 7.48. The number of hydrogen-bond acceptors (Lipinski definition) is 3. The zero-order valence-electron chi connectivity index (χ0n) is 12.4. The van der Waals surface area contributed by atoms with E-state index in [2.05, 4.69) is 0 Å². The van der Waals surface area contributed by atoms with Gasteiger partial charge >= 0.3 is 5.97 Å². The average Bonchev–Trinajstić information content (AvgIpc) is 2.50. The number of rotatable bonds is 5. The number of ether oxygens (including phenoxy) is 2. The number of hydrogen-bond donors (Lipinski definition) is 0. The maximum atomic E-state index is 12.0. The first kappa shape index (κ1) is 14.9. The third-order valence-electron chi connectivity index (χ3n) is 4.23. The molecule has 3 heteroatoms. The van der Waals surface area contributed by atoms with Gasteiger partial charge in [0.15, 0.2) is 0 Å². The van der Waals surface area contributed by atoms with E-state index in [-0.39, 0.29) is 11.9 Å². The van der Waals surface area contributed by atoms with Crippen molar-refractivity contribution in [1.82, 2.24) is 0 Å². The lowest BCUT2D eigenvalue weighted by Gasteiger charge is -2.28. The molecular formula is C17H24O3. The minimum Gasteiger partial charge on any atom is -0.492 e. The monoisotopic (exact) mass is 276 g/mol. The first-order valence-corrected chi connectivity index (χ1v) is 7.48. The molecule has 0 radical (unpaired) electrons. The van der Waals surface area contributed by atoms with Crippen LogP contribution in [-0.2, 0) is 9.53 Å². The topological polar surface area (TPSA) is 35.5 Å². The fourth-order valence-electron chi connectivity index (χ4n) is 2.98. The molecule has 0 aliphatic heterocycles. The van der Waals surface area contributed by atoms with Gasteiger partial charge in [-0.1, -0.05) is 37.5 Å². The predicted molar refractivity (Wildman–Crippen MR) is 78.8 cm³/mol. The largest absolute Gasteiger partial charge is 0.492 e. The van der Waals surface area contributed by atoms with E-state index in [1.807, 2.05) is 31.2 Å². The summed E-state index contributed by atoms with van der Waals surface area (Å²) in [6.45, 7) is 2.44. The molecule has 0 N–H and O–H groups in total. The number of carbonyl (C=O) groups is 1. The number of aryl methyl sites for hydroxylation is 1. The van der Waals surface area contributed by atoms with Crippen LogP contribution < -0.4 is 4.74 Å². The van der Waals surface area contributed by atoms with Gasteiger partial charge in [-0.25, -0.2) is 0 Å². The average molecular weight is 276 g/mol. The van der Waals surface area contributed by atoms with Gasteiger partial charge in [0.1, 0.15) is 12.4 Å². The van der Waals surface area contributed by atoms with E-state index in [0.29, 0.717) is 12.5 Å². The summed E-state index contributed by atoms with van der Waals surface area (Å²) in [6, 6.07) is 7.91. The molecule has 0 amide bonds. The van der Waals surface area contributed by atoms with Crippen molar-refractivity contribution in [3.8, 4) is 5.75 Å². The molecule has 2 rings (SSSR count). The predicted octanol–water partition coefficient (Wildman–Crippen LogP) is 3.74. The smallest absolute Gasteiger partial charge is 0.312 e. The second kappa shape index (κ2) is 7.32. The Labute approximate surface area is 121 Å². The highest BCUT2D eigenvalue weighted by atomic mass is 16.5. The standard InChI is InChI=1S/C17H24O3/c1-13-8-6-7-11-16(13)20-12-15(17(18)19-2)14-9-4-3-5-10-14/h6-8,11,14-15H,3-5,9-10,12H2,1-2H3. The Morgan fingerprint density at radius 1 is 1.25 bits per heavy atom. The summed E-state index contributed by atoms with van der Waals surface area (Å²) in [7, 11) is 1.46. The number of esters is 1. The van der Waals surface area contributed by atoms with Gasteiger partial charge in [-0.15, -0.1) is 0 Å². The molecule has 1 fully saturated rings. The normalized spacial score (nSPS) is 17.5. The molecule has 1 unspecified atom stereocenters. The van der Waals surface area contributed by atoms with E-state index in [1.165, 1.54) is 26.4 Å². The molecule has 1 aliphatic rings. The molecule has 0 heterocycles. The highest BCUT2D eigenvalue weighted by molar-refractivity contribution is 5.72. The number of carbonyl (C=O) groups excluding carboxylic acids is 1. The van der Waals surface area contributed by atoms with Crippen molar-refractivity contribution < 1.29 is 14.3 Å². The Balaban J connectivity index is 2.00.